The van der Waals surface area contributed by atoms with Crippen molar-refractivity contribution in [3.63, 3.8) is 0 Å². The lowest BCUT2D eigenvalue weighted by Gasteiger charge is -2.18. The monoisotopic (exact) mass is 235 g/mol. The fourth-order valence-electron chi connectivity index (χ4n) is 1.76. The Kier molecular flexibility index (Phi) is 4.86. The molecule has 0 amide bonds. The minimum absolute atomic E-state index is 0.422. The van der Waals surface area contributed by atoms with Gasteiger partial charge in [-0.1, -0.05) is 26.8 Å². The molecule has 0 aliphatic rings. The summed E-state index contributed by atoms with van der Waals surface area (Å²) >= 11 is 0. The molecule has 0 radical (unpaired) electrons. The number of methoxy groups -OCH3 is 1. The van der Waals surface area contributed by atoms with E-state index in [-0.39, 0.29) is 0 Å². The van der Waals surface area contributed by atoms with E-state index in [4.69, 9.17) is 4.74 Å². The van der Waals surface area contributed by atoms with Crippen LogP contribution in [0.5, 0.6) is 5.75 Å². The molecule has 1 aromatic rings. The molecule has 0 aromatic heterocycles. The summed E-state index contributed by atoms with van der Waals surface area (Å²) in [5.41, 5.74) is 2.87. The molecular weight excluding hydrogens is 210 g/mol. The van der Waals surface area contributed by atoms with Gasteiger partial charge in [-0.2, -0.15) is 0 Å². The molecule has 0 atom stereocenters. The molecule has 0 saturated heterocycles. The van der Waals surface area contributed by atoms with E-state index in [9.17, 15) is 0 Å². The fourth-order valence-corrected chi connectivity index (χ4v) is 1.76. The number of benzene rings is 1. The highest BCUT2D eigenvalue weighted by molar-refractivity contribution is 5.54. The predicted molar refractivity (Wildman–Crippen MR) is 74.9 cm³/mol. The summed E-state index contributed by atoms with van der Waals surface area (Å²) in [7, 11) is 1.70. The molecule has 1 N–H and O–H groups in total. The topological polar surface area (TPSA) is 21.3 Å². The SMILES string of the molecule is COc1ccc(C)c(NCCCC(C)(C)C)c1. The van der Waals surface area contributed by atoms with Crippen LogP contribution < -0.4 is 10.1 Å². The molecule has 2 nitrogen and oxygen atoms in total. The normalized spacial score (nSPS) is 11.4. The predicted octanol–water partition coefficient (Wildman–Crippen LogP) is 4.24. The maximum atomic E-state index is 5.23. The van der Waals surface area contributed by atoms with Gasteiger partial charge in [0.25, 0.3) is 0 Å². The van der Waals surface area contributed by atoms with Crippen molar-refractivity contribution < 1.29 is 4.74 Å². The first kappa shape index (κ1) is 13.9. The van der Waals surface area contributed by atoms with Crippen molar-refractivity contribution in [3.05, 3.63) is 23.8 Å². The van der Waals surface area contributed by atoms with E-state index in [1.807, 2.05) is 6.07 Å². The summed E-state index contributed by atoms with van der Waals surface area (Å²) in [4.78, 5) is 0. The van der Waals surface area contributed by atoms with Crippen LogP contribution in [0.25, 0.3) is 0 Å². The second-order valence-electron chi connectivity index (χ2n) is 5.77. The van der Waals surface area contributed by atoms with E-state index in [2.05, 4.69) is 45.1 Å². The van der Waals surface area contributed by atoms with Crippen molar-refractivity contribution in [1.82, 2.24) is 0 Å². The highest BCUT2D eigenvalue weighted by Crippen LogP contribution is 2.23. The highest BCUT2D eigenvalue weighted by Gasteiger charge is 2.09. The average molecular weight is 235 g/mol. The third-order valence-corrected chi connectivity index (χ3v) is 2.86. The second-order valence-corrected chi connectivity index (χ2v) is 5.77. The molecule has 0 aliphatic carbocycles. The second kappa shape index (κ2) is 5.95. The van der Waals surface area contributed by atoms with Crippen molar-refractivity contribution in [3.8, 4) is 5.75 Å². The maximum Gasteiger partial charge on any atom is 0.120 e. The molecule has 0 spiro atoms. The number of ether oxygens (including phenoxy) is 1. The van der Waals surface area contributed by atoms with Crippen LogP contribution in [0.1, 0.15) is 39.2 Å². The molecular formula is C15H25NO. The lowest BCUT2D eigenvalue weighted by Crippen LogP contribution is -2.09. The minimum atomic E-state index is 0.422. The molecule has 0 saturated carbocycles. The van der Waals surface area contributed by atoms with Gasteiger partial charge in [-0.15, -0.1) is 0 Å². The third-order valence-electron chi connectivity index (χ3n) is 2.86. The Bertz CT molecular complexity index is 352. The van der Waals surface area contributed by atoms with Gasteiger partial charge < -0.3 is 10.1 Å². The molecule has 0 bridgehead atoms. The Labute approximate surface area is 105 Å². The largest absolute Gasteiger partial charge is 0.497 e. The number of nitrogens with one attached hydrogen (secondary N) is 1. The summed E-state index contributed by atoms with van der Waals surface area (Å²) in [5.74, 6) is 0.911. The van der Waals surface area contributed by atoms with Crippen LogP contribution in [0.4, 0.5) is 5.69 Å². The van der Waals surface area contributed by atoms with Crippen molar-refractivity contribution in [1.29, 1.82) is 0 Å². The molecule has 0 heterocycles. The Morgan fingerprint density at radius 1 is 1.24 bits per heavy atom. The van der Waals surface area contributed by atoms with Crippen LogP contribution in [0.2, 0.25) is 0 Å². The van der Waals surface area contributed by atoms with Crippen LogP contribution >= 0.6 is 0 Å². The van der Waals surface area contributed by atoms with Gasteiger partial charge in [0, 0.05) is 18.3 Å². The molecule has 0 aliphatic heterocycles. The van der Waals surface area contributed by atoms with Gasteiger partial charge in [0.2, 0.25) is 0 Å². The summed E-state index contributed by atoms with van der Waals surface area (Å²) in [6, 6.07) is 6.15. The Morgan fingerprint density at radius 2 is 1.94 bits per heavy atom. The number of rotatable bonds is 5. The third kappa shape index (κ3) is 5.12. The van der Waals surface area contributed by atoms with Crippen molar-refractivity contribution in [2.24, 2.45) is 5.41 Å². The molecule has 1 rings (SSSR count). The van der Waals surface area contributed by atoms with Crippen LogP contribution in [0.3, 0.4) is 0 Å². The molecule has 17 heavy (non-hydrogen) atoms. The number of hydrogen-bond acceptors (Lipinski definition) is 2. The lowest BCUT2D eigenvalue weighted by molar-refractivity contribution is 0.370. The average Bonchev–Trinajstić information content (AvgIpc) is 2.25. The highest BCUT2D eigenvalue weighted by atomic mass is 16.5. The number of anilines is 1. The van der Waals surface area contributed by atoms with E-state index in [1.165, 1.54) is 24.1 Å². The zero-order valence-electron chi connectivity index (χ0n) is 11.8. The maximum absolute atomic E-state index is 5.23. The Hall–Kier alpha value is -1.18. The standard InChI is InChI=1S/C15H25NO/c1-12-7-8-13(17-5)11-14(12)16-10-6-9-15(2,3)4/h7-8,11,16H,6,9-10H2,1-5H3. The van der Waals surface area contributed by atoms with E-state index in [1.54, 1.807) is 7.11 Å². The minimum Gasteiger partial charge on any atom is -0.497 e. The van der Waals surface area contributed by atoms with E-state index in [0.717, 1.165) is 12.3 Å². The van der Waals surface area contributed by atoms with Crippen LogP contribution in [-0.2, 0) is 0 Å². The molecule has 2 heteroatoms. The lowest BCUT2D eigenvalue weighted by atomic mass is 9.91. The van der Waals surface area contributed by atoms with Gasteiger partial charge in [0.15, 0.2) is 0 Å². The first-order valence-electron chi connectivity index (χ1n) is 6.31. The first-order chi connectivity index (χ1) is 7.92. The zero-order valence-corrected chi connectivity index (χ0v) is 11.8. The zero-order chi connectivity index (χ0) is 12.9. The van der Waals surface area contributed by atoms with E-state index in [0.29, 0.717) is 5.41 Å². The fraction of sp³-hybridized carbons (Fsp3) is 0.600. The van der Waals surface area contributed by atoms with Crippen molar-refractivity contribution in [2.75, 3.05) is 19.0 Å². The van der Waals surface area contributed by atoms with Crippen LogP contribution in [0, 0.1) is 12.3 Å². The first-order valence-corrected chi connectivity index (χ1v) is 6.31. The van der Waals surface area contributed by atoms with Gasteiger partial charge in [-0.3, -0.25) is 0 Å². The van der Waals surface area contributed by atoms with Gasteiger partial charge in [0.05, 0.1) is 7.11 Å². The summed E-state index contributed by atoms with van der Waals surface area (Å²) < 4.78 is 5.23. The Balaban J connectivity index is 2.46. The van der Waals surface area contributed by atoms with E-state index < -0.39 is 0 Å². The quantitative estimate of drug-likeness (QED) is 0.771. The Morgan fingerprint density at radius 3 is 2.53 bits per heavy atom. The summed E-state index contributed by atoms with van der Waals surface area (Å²) in [6.07, 6.45) is 2.43. The number of hydrogen-bond donors (Lipinski definition) is 1. The van der Waals surface area contributed by atoms with Gasteiger partial charge >= 0.3 is 0 Å². The summed E-state index contributed by atoms with van der Waals surface area (Å²) in [6.45, 7) is 9.98. The van der Waals surface area contributed by atoms with Crippen LogP contribution in [0.15, 0.2) is 18.2 Å². The molecule has 1 aromatic carbocycles. The molecule has 0 unspecified atom stereocenters. The van der Waals surface area contributed by atoms with Crippen molar-refractivity contribution in [2.45, 2.75) is 40.5 Å². The van der Waals surface area contributed by atoms with Gasteiger partial charge in [-0.05, 0) is 36.8 Å². The van der Waals surface area contributed by atoms with Gasteiger partial charge in [0.1, 0.15) is 5.75 Å². The molecule has 0 fully saturated rings. The van der Waals surface area contributed by atoms with Crippen molar-refractivity contribution >= 4 is 5.69 Å². The summed E-state index contributed by atoms with van der Waals surface area (Å²) in [5, 5.41) is 3.48. The smallest absolute Gasteiger partial charge is 0.120 e. The van der Waals surface area contributed by atoms with Crippen LogP contribution in [-0.4, -0.2) is 13.7 Å². The van der Waals surface area contributed by atoms with E-state index >= 15 is 0 Å². The number of aryl methyl sites for hydroxylation is 1. The van der Waals surface area contributed by atoms with Gasteiger partial charge in [-0.25, -0.2) is 0 Å². The molecule has 96 valence electrons.